The van der Waals surface area contributed by atoms with E-state index in [4.69, 9.17) is 16.0 Å². The lowest BCUT2D eigenvalue weighted by Crippen LogP contribution is -2.36. The molecule has 0 spiro atoms. The molecule has 2 aliphatic carbocycles. The van der Waals surface area contributed by atoms with Crippen LogP contribution in [0.2, 0.25) is 5.02 Å². The number of hydrogen-bond donors (Lipinski definition) is 2. The molecule has 4 rings (SSSR count). The lowest BCUT2D eigenvalue weighted by atomic mass is 10.3. The average molecular weight is 393 g/mol. The molecule has 2 aliphatic rings. The van der Waals surface area contributed by atoms with Gasteiger partial charge in [-0.1, -0.05) is 11.6 Å². The highest BCUT2D eigenvalue weighted by Gasteiger charge is 2.34. The molecule has 0 atom stereocenters. The molecule has 2 aromatic rings. The summed E-state index contributed by atoms with van der Waals surface area (Å²) in [6.07, 6.45) is 5.04. The molecule has 0 radical (unpaired) electrons. The van der Waals surface area contributed by atoms with Gasteiger partial charge < -0.3 is 20.0 Å². The molecule has 0 bridgehead atoms. The number of benzene rings is 1. The van der Waals surface area contributed by atoms with Gasteiger partial charge in [-0.3, -0.25) is 4.79 Å². The molecule has 2 fully saturated rings. The van der Waals surface area contributed by atoms with E-state index in [2.05, 4.69) is 15.6 Å². The van der Waals surface area contributed by atoms with Crippen LogP contribution in [0, 0.1) is 5.82 Å². The number of rotatable bonds is 6. The Labute approximate surface area is 159 Å². The van der Waals surface area contributed by atoms with E-state index in [1.54, 1.807) is 4.90 Å². The summed E-state index contributed by atoms with van der Waals surface area (Å²) < 4.78 is 18.6. The fourth-order valence-electron chi connectivity index (χ4n) is 2.64. The first kappa shape index (κ1) is 17.8. The van der Waals surface area contributed by atoms with E-state index in [0.29, 0.717) is 5.69 Å². The summed E-state index contributed by atoms with van der Waals surface area (Å²) in [6.45, 7) is 0.141. The molecule has 0 aliphatic heterocycles. The third-order valence-corrected chi connectivity index (χ3v) is 4.71. The van der Waals surface area contributed by atoms with Crippen LogP contribution in [0.25, 0.3) is 0 Å². The SMILES string of the molecule is O=C(NC1CC1)c1coc(CN(C(=O)Nc2ccc(F)c(Cl)c2)C2CC2)n1. The standard InChI is InChI=1S/C18H18ClFN4O3/c19-13-7-11(3-6-14(13)20)22-18(26)24(12-4-5-12)8-16-23-15(9-27-16)17(25)21-10-1-2-10/h3,6-7,9-10,12H,1-2,4-5,8H2,(H,21,25)(H,22,26). The Hall–Kier alpha value is -2.61. The Bertz CT molecular complexity index is 879. The number of carbonyl (C=O) groups is 2. The molecule has 7 nitrogen and oxygen atoms in total. The number of nitrogens with zero attached hydrogens (tertiary/aromatic N) is 2. The first-order chi connectivity index (χ1) is 13.0. The molecule has 9 heteroatoms. The van der Waals surface area contributed by atoms with Crippen molar-refractivity contribution >= 4 is 29.2 Å². The summed E-state index contributed by atoms with van der Waals surface area (Å²) in [7, 11) is 0. The van der Waals surface area contributed by atoms with Crippen molar-refractivity contribution in [2.24, 2.45) is 0 Å². The molecule has 27 heavy (non-hydrogen) atoms. The minimum atomic E-state index is -0.550. The second kappa shape index (κ2) is 7.19. The lowest BCUT2D eigenvalue weighted by molar-refractivity contribution is 0.0946. The van der Waals surface area contributed by atoms with E-state index in [9.17, 15) is 14.0 Å². The van der Waals surface area contributed by atoms with Crippen LogP contribution in [-0.4, -0.2) is 33.9 Å². The van der Waals surface area contributed by atoms with Gasteiger partial charge in [-0.05, 0) is 43.9 Å². The highest BCUT2D eigenvalue weighted by molar-refractivity contribution is 6.31. The zero-order valence-electron chi connectivity index (χ0n) is 14.4. The molecule has 2 N–H and O–H groups in total. The van der Waals surface area contributed by atoms with Gasteiger partial charge in [0, 0.05) is 17.8 Å². The molecule has 142 valence electrons. The van der Waals surface area contributed by atoms with Crippen molar-refractivity contribution in [2.45, 2.75) is 44.3 Å². The maximum Gasteiger partial charge on any atom is 0.322 e. The number of urea groups is 1. The van der Waals surface area contributed by atoms with Crippen molar-refractivity contribution in [2.75, 3.05) is 5.32 Å². The summed E-state index contributed by atoms with van der Waals surface area (Å²) in [4.78, 5) is 30.4. The summed E-state index contributed by atoms with van der Waals surface area (Å²) in [5.74, 6) is -0.531. The smallest absolute Gasteiger partial charge is 0.322 e. The topological polar surface area (TPSA) is 87.5 Å². The van der Waals surface area contributed by atoms with E-state index in [1.165, 1.54) is 24.5 Å². The van der Waals surface area contributed by atoms with Gasteiger partial charge in [-0.2, -0.15) is 0 Å². The largest absolute Gasteiger partial charge is 0.446 e. The van der Waals surface area contributed by atoms with Gasteiger partial charge in [-0.15, -0.1) is 0 Å². The average Bonchev–Trinajstić information content (AvgIpc) is 3.56. The van der Waals surface area contributed by atoms with Gasteiger partial charge in [0.2, 0.25) is 5.89 Å². The van der Waals surface area contributed by atoms with Crippen LogP contribution in [0.5, 0.6) is 0 Å². The quantitative estimate of drug-likeness (QED) is 0.786. The summed E-state index contributed by atoms with van der Waals surface area (Å²) in [6, 6.07) is 3.94. The van der Waals surface area contributed by atoms with E-state index < -0.39 is 5.82 Å². The van der Waals surface area contributed by atoms with Gasteiger partial charge in [0.05, 0.1) is 11.6 Å². The Balaban J connectivity index is 1.41. The lowest BCUT2D eigenvalue weighted by Gasteiger charge is -2.21. The molecule has 0 saturated heterocycles. The van der Waals surface area contributed by atoms with Gasteiger partial charge in [-0.25, -0.2) is 14.2 Å². The van der Waals surface area contributed by atoms with Crippen LogP contribution < -0.4 is 10.6 Å². The molecular weight excluding hydrogens is 375 g/mol. The highest BCUT2D eigenvalue weighted by atomic mass is 35.5. The zero-order valence-corrected chi connectivity index (χ0v) is 15.1. The zero-order chi connectivity index (χ0) is 19.0. The van der Waals surface area contributed by atoms with Crippen molar-refractivity contribution in [1.82, 2.24) is 15.2 Å². The number of amides is 3. The van der Waals surface area contributed by atoms with Crippen LogP contribution in [0.1, 0.15) is 42.1 Å². The van der Waals surface area contributed by atoms with Crippen LogP contribution >= 0.6 is 11.6 Å². The Morgan fingerprint density at radius 3 is 2.74 bits per heavy atom. The summed E-state index contributed by atoms with van der Waals surface area (Å²) >= 11 is 5.75. The molecule has 1 heterocycles. The predicted octanol–water partition coefficient (Wildman–Crippen LogP) is 3.56. The predicted molar refractivity (Wildman–Crippen MR) is 96.0 cm³/mol. The maximum absolute atomic E-state index is 13.3. The monoisotopic (exact) mass is 392 g/mol. The first-order valence-corrected chi connectivity index (χ1v) is 9.15. The molecule has 1 aromatic carbocycles. The number of anilines is 1. The van der Waals surface area contributed by atoms with Crippen molar-refractivity contribution in [3.05, 3.63) is 46.9 Å². The Kier molecular flexibility index (Phi) is 4.73. The summed E-state index contributed by atoms with van der Waals surface area (Å²) in [5, 5.41) is 5.48. The van der Waals surface area contributed by atoms with Gasteiger partial charge in [0.15, 0.2) is 5.69 Å². The van der Waals surface area contributed by atoms with Crippen molar-refractivity contribution < 1.29 is 18.4 Å². The van der Waals surface area contributed by atoms with Crippen molar-refractivity contribution in [3.63, 3.8) is 0 Å². The second-order valence-corrected chi connectivity index (χ2v) is 7.20. The minimum absolute atomic E-state index is 0.0650. The molecule has 2 saturated carbocycles. The number of halogens is 2. The number of oxazole rings is 1. The Morgan fingerprint density at radius 1 is 1.30 bits per heavy atom. The summed E-state index contributed by atoms with van der Waals surface area (Å²) in [5.41, 5.74) is 0.604. The van der Waals surface area contributed by atoms with Crippen LogP contribution in [-0.2, 0) is 6.54 Å². The van der Waals surface area contributed by atoms with Crippen molar-refractivity contribution in [1.29, 1.82) is 0 Å². The third kappa shape index (κ3) is 4.39. The number of nitrogens with one attached hydrogen (secondary N) is 2. The molecule has 0 unspecified atom stereocenters. The van der Waals surface area contributed by atoms with Gasteiger partial charge >= 0.3 is 6.03 Å². The van der Waals surface area contributed by atoms with Crippen LogP contribution in [0.3, 0.4) is 0 Å². The fraction of sp³-hybridized carbons (Fsp3) is 0.389. The van der Waals surface area contributed by atoms with Gasteiger partial charge in [0.25, 0.3) is 5.91 Å². The molecule has 1 aromatic heterocycles. The number of carbonyl (C=O) groups excluding carboxylic acids is 2. The first-order valence-electron chi connectivity index (χ1n) is 8.77. The maximum atomic E-state index is 13.3. The van der Waals surface area contributed by atoms with Crippen molar-refractivity contribution in [3.8, 4) is 0 Å². The Morgan fingerprint density at radius 2 is 2.07 bits per heavy atom. The van der Waals surface area contributed by atoms with Crippen LogP contribution in [0.15, 0.2) is 28.9 Å². The van der Waals surface area contributed by atoms with E-state index in [0.717, 1.165) is 25.7 Å². The minimum Gasteiger partial charge on any atom is -0.446 e. The van der Waals surface area contributed by atoms with Crippen LogP contribution in [0.4, 0.5) is 14.9 Å². The van der Waals surface area contributed by atoms with E-state index in [-0.39, 0.29) is 47.2 Å². The second-order valence-electron chi connectivity index (χ2n) is 6.79. The normalized spacial score (nSPS) is 16.1. The van der Waals surface area contributed by atoms with E-state index >= 15 is 0 Å². The third-order valence-electron chi connectivity index (χ3n) is 4.42. The van der Waals surface area contributed by atoms with E-state index in [1.807, 2.05) is 0 Å². The van der Waals surface area contributed by atoms with Gasteiger partial charge in [0.1, 0.15) is 12.1 Å². The molecule has 3 amide bonds. The molecular formula is C18H18ClFN4O3. The number of hydrogen-bond acceptors (Lipinski definition) is 4. The fourth-order valence-corrected chi connectivity index (χ4v) is 2.82. The number of aromatic nitrogens is 1. The highest BCUT2D eigenvalue weighted by Crippen LogP contribution is 2.29.